The van der Waals surface area contributed by atoms with Gasteiger partial charge in [0.25, 0.3) is 0 Å². The molecule has 0 aliphatic heterocycles. The maximum atomic E-state index is 10.8. The van der Waals surface area contributed by atoms with Crippen LogP contribution in [0.5, 0.6) is 0 Å². The van der Waals surface area contributed by atoms with E-state index >= 15 is 0 Å². The van der Waals surface area contributed by atoms with Crippen LogP contribution in [0.2, 0.25) is 10.0 Å². The molecule has 3 nitrogen and oxygen atoms in total. The molecule has 1 rings (SSSR count). The van der Waals surface area contributed by atoms with Crippen LogP contribution >= 0.6 is 23.2 Å². The summed E-state index contributed by atoms with van der Waals surface area (Å²) in [5.41, 5.74) is 0.903. The minimum Gasteiger partial charge on any atom is -0.481 e. The van der Waals surface area contributed by atoms with E-state index < -0.39 is 5.97 Å². The largest absolute Gasteiger partial charge is 0.481 e. The molecule has 1 aromatic carbocycles. The van der Waals surface area contributed by atoms with E-state index in [1.165, 1.54) is 0 Å². The number of carbonyl (C=O) groups is 1. The molecule has 0 spiro atoms. The van der Waals surface area contributed by atoms with Crippen molar-refractivity contribution in [2.24, 2.45) is 0 Å². The Kier molecular flexibility index (Phi) is 5.93. The van der Waals surface area contributed by atoms with Crippen LogP contribution < -0.4 is 5.32 Å². The molecule has 0 aliphatic carbocycles. The third-order valence-electron chi connectivity index (χ3n) is 2.47. The zero-order chi connectivity index (χ0) is 13.7. The van der Waals surface area contributed by atoms with Crippen LogP contribution in [0.3, 0.4) is 0 Å². The molecule has 1 atom stereocenters. The molecule has 0 saturated carbocycles. The lowest BCUT2D eigenvalue weighted by atomic mass is 10.0. The summed E-state index contributed by atoms with van der Waals surface area (Å²) >= 11 is 11.9. The zero-order valence-electron chi connectivity index (χ0n) is 10.4. The van der Waals surface area contributed by atoms with Gasteiger partial charge in [-0.05, 0) is 24.1 Å². The lowest BCUT2D eigenvalue weighted by Crippen LogP contribution is -2.38. The van der Waals surface area contributed by atoms with Crippen LogP contribution in [0.25, 0.3) is 0 Å². The fraction of sp³-hybridized carbons (Fsp3) is 0.462. The topological polar surface area (TPSA) is 49.3 Å². The smallest absolute Gasteiger partial charge is 0.304 e. The number of rotatable bonds is 6. The van der Waals surface area contributed by atoms with E-state index in [2.05, 4.69) is 5.32 Å². The van der Waals surface area contributed by atoms with E-state index in [4.69, 9.17) is 28.3 Å². The molecule has 0 saturated heterocycles. The highest BCUT2D eigenvalue weighted by molar-refractivity contribution is 6.35. The summed E-state index contributed by atoms with van der Waals surface area (Å²) in [6, 6.07) is 5.35. The van der Waals surface area contributed by atoms with Gasteiger partial charge in [-0.25, -0.2) is 0 Å². The molecule has 2 N–H and O–H groups in total. The number of carboxylic acids is 1. The van der Waals surface area contributed by atoms with Crippen molar-refractivity contribution in [3.63, 3.8) is 0 Å². The Labute approximate surface area is 117 Å². The second-order valence-corrected chi connectivity index (χ2v) is 5.40. The Morgan fingerprint density at radius 1 is 1.39 bits per heavy atom. The van der Waals surface area contributed by atoms with Crippen molar-refractivity contribution in [1.82, 2.24) is 5.32 Å². The van der Waals surface area contributed by atoms with Crippen molar-refractivity contribution < 1.29 is 9.90 Å². The van der Waals surface area contributed by atoms with Crippen LogP contribution in [0.15, 0.2) is 18.2 Å². The predicted molar refractivity (Wildman–Crippen MR) is 74.5 cm³/mol. The number of carboxylic acid groups (broad SMARTS) is 1. The summed E-state index contributed by atoms with van der Waals surface area (Å²) in [5, 5.41) is 13.3. The van der Waals surface area contributed by atoms with Gasteiger partial charge in [-0.1, -0.05) is 43.1 Å². The molecular formula is C13H17Cl2NO2. The van der Waals surface area contributed by atoms with Crippen LogP contribution in [0.4, 0.5) is 0 Å². The van der Waals surface area contributed by atoms with Gasteiger partial charge in [0.2, 0.25) is 0 Å². The Balaban J connectivity index is 2.78. The zero-order valence-corrected chi connectivity index (χ0v) is 11.9. The SMILES string of the molecule is CC(C)NC(CC(=O)O)Cc1ccc(Cl)cc1Cl. The lowest BCUT2D eigenvalue weighted by Gasteiger charge is -2.20. The number of halogens is 2. The maximum absolute atomic E-state index is 10.8. The minimum atomic E-state index is -0.821. The standard InChI is InChI=1S/C13H17Cl2NO2/c1-8(2)16-11(7-13(17)18)5-9-3-4-10(14)6-12(9)15/h3-4,6,8,11,16H,5,7H2,1-2H3,(H,17,18). The van der Waals surface area contributed by atoms with E-state index in [9.17, 15) is 4.79 Å². The van der Waals surface area contributed by atoms with Crippen LogP contribution in [-0.4, -0.2) is 23.2 Å². The van der Waals surface area contributed by atoms with E-state index in [0.29, 0.717) is 16.5 Å². The Morgan fingerprint density at radius 2 is 2.06 bits per heavy atom. The molecule has 0 radical (unpaired) electrons. The normalized spacial score (nSPS) is 12.7. The summed E-state index contributed by atoms with van der Waals surface area (Å²) in [4.78, 5) is 10.8. The molecular weight excluding hydrogens is 273 g/mol. The molecule has 1 unspecified atom stereocenters. The molecule has 5 heteroatoms. The number of aliphatic carboxylic acids is 1. The summed E-state index contributed by atoms with van der Waals surface area (Å²) in [6.45, 7) is 3.97. The lowest BCUT2D eigenvalue weighted by molar-refractivity contribution is -0.137. The Bertz CT molecular complexity index is 421. The van der Waals surface area contributed by atoms with E-state index in [1.807, 2.05) is 19.9 Å². The highest BCUT2D eigenvalue weighted by atomic mass is 35.5. The predicted octanol–water partition coefficient (Wildman–Crippen LogP) is 3.38. The van der Waals surface area contributed by atoms with Gasteiger partial charge in [-0.2, -0.15) is 0 Å². The van der Waals surface area contributed by atoms with E-state index in [1.54, 1.807) is 12.1 Å². The maximum Gasteiger partial charge on any atom is 0.304 e. The first-order valence-corrected chi connectivity index (χ1v) is 6.56. The van der Waals surface area contributed by atoms with Crippen molar-refractivity contribution in [2.75, 3.05) is 0 Å². The molecule has 0 amide bonds. The molecule has 0 heterocycles. The Hall–Kier alpha value is -0.770. The molecule has 100 valence electrons. The fourth-order valence-corrected chi connectivity index (χ4v) is 2.31. The van der Waals surface area contributed by atoms with Crippen molar-refractivity contribution in [3.05, 3.63) is 33.8 Å². The third kappa shape index (κ3) is 5.25. The molecule has 1 aromatic rings. The summed E-state index contributed by atoms with van der Waals surface area (Å²) < 4.78 is 0. The summed E-state index contributed by atoms with van der Waals surface area (Å²) in [6.07, 6.45) is 0.637. The van der Waals surface area contributed by atoms with Crippen LogP contribution in [-0.2, 0) is 11.2 Å². The molecule has 18 heavy (non-hydrogen) atoms. The van der Waals surface area contributed by atoms with Crippen LogP contribution in [0, 0.1) is 0 Å². The van der Waals surface area contributed by atoms with Gasteiger partial charge >= 0.3 is 5.97 Å². The summed E-state index contributed by atoms with van der Waals surface area (Å²) in [5.74, 6) is -0.821. The van der Waals surface area contributed by atoms with Crippen molar-refractivity contribution >= 4 is 29.2 Å². The van der Waals surface area contributed by atoms with Gasteiger partial charge in [0.1, 0.15) is 0 Å². The third-order valence-corrected chi connectivity index (χ3v) is 3.06. The van der Waals surface area contributed by atoms with E-state index in [-0.39, 0.29) is 18.5 Å². The van der Waals surface area contributed by atoms with Crippen LogP contribution in [0.1, 0.15) is 25.8 Å². The molecule has 0 aromatic heterocycles. The van der Waals surface area contributed by atoms with Gasteiger partial charge in [-0.3, -0.25) is 4.79 Å². The second kappa shape index (κ2) is 6.98. The summed E-state index contributed by atoms with van der Waals surface area (Å²) in [7, 11) is 0. The minimum absolute atomic E-state index is 0.0666. The molecule has 0 aliphatic rings. The molecule has 0 bridgehead atoms. The van der Waals surface area contributed by atoms with Gasteiger partial charge in [0.15, 0.2) is 0 Å². The van der Waals surface area contributed by atoms with Crippen molar-refractivity contribution in [2.45, 2.75) is 38.8 Å². The molecule has 0 fully saturated rings. The second-order valence-electron chi connectivity index (χ2n) is 4.56. The van der Waals surface area contributed by atoms with Gasteiger partial charge in [-0.15, -0.1) is 0 Å². The van der Waals surface area contributed by atoms with Crippen molar-refractivity contribution in [3.8, 4) is 0 Å². The fourth-order valence-electron chi connectivity index (χ4n) is 1.82. The highest BCUT2D eigenvalue weighted by Gasteiger charge is 2.16. The Morgan fingerprint density at radius 3 is 2.56 bits per heavy atom. The first kappa shape index (κ1) is 15.3. The first-order valence-electron chi connectivity index (χ1n) is 5.80. The quantitative estimate of drug-likeness (QED) is 0.844. The average molecular weight is 290 g/mol. The monoisotopic (exact) mass is 289 g/mol. The van der Waals surface area contributed by atoms with E-state index in [0.717, 1.165) is 5.56 Å². The highest BCUT2D eigenvalue weighted by Crippen LogP contribution is 2.22. The number of hydrogen-bond donors (Lipinski definition) is 2. The van der Waals surface area contributed by atoms with Gasteiger partial charge in [0.05, 0.1) is 6.42 Å². The number of benzene rings is 1. The number of nitrogens with one attached hydrogen (secondary N) is 1. The van der Waals surface area contributed by atoms with Gasteiger partial charge < -0.3 is 10.4 Å². The van der Waals surface area contributed by atoms with Gasteiger partial charge in [0, 0.05) is 22.1 Å². The average Bonchev–Trinajstić information content (AvgIpc) is 2.20. The van der Waals surface area contributed by atoms with Crippen molar-refractivity contribution in [1.29, 1.82) is 0 Å². The number of hydrogen-bond acceptors (Lipinski definition) is 2. The first-order chi connectivity index (χ1) is 8.38.